The second kappa shape index (κ2) is 9.14. The van der Waals surface area contributed by atoms with Crippen LogP contribution in [0.3, 0.4) is 0 Å². The van der Waals surface area contributed by atoms with Gasteiger partial charge in [0.15, 0.2) is 0 Å². The van der Waals surface area contributed by atoms with Crippen LogP contribution in [0, 0.1) is 0 Å². The number of amides is 3. The summed E-state index contributed by atoms with van der Waals surface area (Å²) in [5, 5.41) is 15.6. The summed E-state index contributed by atoms with van der Waals surface area (Å²) >= 11 is 7.13. The third-order valence-corrected chi connectivity index (χ3v) is 5.66. The standard InChI is InChI=1S/C18H22ClN5O2S/c1-2-9-20-18(26)24-10-3-4-12(11-24)16-22-23-17(27-16)15(25)21-14-7-5-13(19)6-8-14/h5-8,12H,2-4,9-11H2,1H3,(H,20,26)(H,21,25)/t12-/m1/s1. The largest absolute Gasteiger partial charge is 0.338 e. The Balaban J connectivity index is 1.61. The number of carbonyl (C=O) groups excluding carboxylic acids is 2. The number of rotatable bonds is 5. The van der Waals surface area contributed by atoms with Crippen LogP contribution in [0.4, 0.5) is 10.5 Å². The van der Waals surface area contributed by atoms with E-state index in [0.717, 1.165) is 30.8 Å². The van der Waals surface area contributed by atoms with Crippen molar-refractivity contribution < 1.29 is 9.59 Å². The molecule has 3 rings (SSSR count). The Morgan fingerprint density at radius 3 is 2.81 bits per heavy atom. The van der Waals surface area contributed by atoms with E-state index in [1.165, 1.54) is 11.3 Å². The van der Waals surface area contributed by atoms with Crippen molar-refractivity contribution >= 4 is 40.6 Å². The molecular weight excluding hydrogens is 386 g/mol. The van der Waals surface area contributed by atoms with E-state index < -0.39 is 0 Å². The molecular formula is C18H22ClN5O2S. The van der Waals surface area contributed by atoms with E-state index in [2.05, 4.69) is 20.8 Å². The molecule has 0 bridgehead atoms. The molecule has 1 aromatic carbocycles. The molecule has 144 valence electrons. The lowest BCUT2D eigenvalue weighted by molar-refractivity contribution is 0.102. The third kappa shape index (κ3) is 5.17. The molecule has 2 aromatic rings. The molecule has 1 fully saturated rings. The van der Waals surface area contributed by atoms with Gasteiger partial charge in [0.05, 0.1) is 0 Å². The van der Waals surface area contributed by atoms with E-state index in [1.54, 1.807) is 24.3 Å². The number of halogens is 1. The first-order valence-electron chi connectivity index (χ1n) is 9.00. The van der Waals surface area contributed by atoms with Gasteiger partial charge in [-0.1, -0.05) is 29.9 Å². The molecule has 2 heterocycles. The molecule has 0 radical (unpaired) electrons. The SMILES string of the molecule is CCCNC(=O)N1CCC[C@@H](c2nnc(C(=O)Nc3ccc(Cl)cc3)s2)C1. The number of urea groups is 1. The van der Waals surface area contributed by atoms with Crippen molar-refractivity contribution in [2.24, 2.45) is 0 Å². The minimum Gasteiger partial charge on any atom is -0.338 e. The summed E-state index contributed by atoms with van der Waals surface area (Å²) in [6.45, 7) is 4.04. The fourth-order valence-corrected chi connectivity index (χ4v) is 3.91. The minimum absolute atomic E-state index is 0.0354. The predicted molar refractivity (Wildman–Crippen MR) is 107 cm³/mol. The summed E-state index contributed by atoms with van der Waals surface area (Å²) < 4.78 is 0. The molecule has 1 aliphatic heterocycles. The van der Waals surface area contributed by atoms with E-state index in [1.807, 2.05) is 11.8 Å². The first-order chi connectivity index (χ1) is 13.1. The lowest BCUT2D eigenvalue weighted by Gasteiger charge is -2.31. The van der Waals surface area contributed by atoms with Gasteiger partial charge in [0, 0.05) is 36.3 Å². The predicted octanol–water partition coefficient (Wildman–Crippen LogP) is 3.74. The van der Waals surface area contributed by atoms with E-state index in [-0.39, 0.29) is 17.9 Å². The highest BCUT2D eigenvalue weighted by Crippen LogP contribution is 2.29. The Morgan fingerprint density at radius 2 is 2.07 bits per heavy atom. The van der Waals surface area contributed by atoms with Crippen molar-refractivity contribution in [2.45, 2.75) is 32.1 Å². The maximum atomic E-state index is 12.4. The van der Waals surface area contributed by atoms with Crippen molar-refractivity contribution in [1.82, 2.24) is 20.4 Å². The van der Waals surface area contributed by atoms with E-state index in [0.29, 0.717) is 28.8 Å². The molecule has 0 spiro atoms. The first-order valence-corrected chi connectivity index (χ1v) is 10.2. The summed E-state index contributed by atoms with van der Waals surface area (Å²) in [6.07, 6.45) is 2.76. The Bertz CT molecular complexity index is 795. The van der Waals surface area contributed by atoms with Gasteiger partial charge in [0.2, 0.25) is 5.01 Å². The Morgan fingerprint density at radius 1 is 1.30 bits per heavy atom. The molecule has 27 heavy (non-hydrogen) atoms. The van der Waals surface area contributed by atoms with E-state index in [4.69, 9.17) is 11.6 Å². The van der Waals surface area contributed by atoms with E-state index in [9.17, 15) is 9.59 Å². The zero-order valence-corrected chi connectivity index (χ0v) is 16.6. The number of hydrogen-bond donors (Lipinski definition) is 2. The van der Waals surface area contributed by atoms with Crippen molar-refractivity contribution in [3.8, 4) is 0 Å². The highest BCUT2D eigenvalue weighted by atomic mass is 35.5. The zero-order chi connectivity index (χ0) is 19.2. The maximum absolute atomic E-state index is 12.4. The number of piperidine rings is 1. The Hall–Kier alpha value is -2.19. The molecule has 1 saturated heterocycles. The highest BCUT2D eigenvalue weighted by molar-refractivity contribution is 7.13. The monoisotopic (exact) mass is 407 g/mol. The van der Waals surface area contributed by atoms with Crippen LogP contribution in [0.5, 0.6) is 0 Å². The number of anilines is 1. The van der Waals surface area contributed by atoms with Crippen LogP contribution in [0.25, 0.3) is 0 Å². The second-order valence-corrected chi connectivity index (χ2v) is 7.87. The zero-order valence-electron chi connectivity index (χ0n) is 15.1. The fourth-order valence-electron chi connectivity index (χ4n) is 2.92. The van der Waals surface area contributed by atoms with Gasteiger partial charge in [-0.25, -0.2) is 4.79 Å². The molecule has 1 atom stereocenters. The molecule has 0 aliphatic carbocycles. The molecule has 1 aliphatic rings. The van der Waals surface area contributed by atoms with Crippen LogP contribution in [0.1, 0.15) is 46.9 Å². The first kappa shape index (κ1) is 19.6. The van der Waals surface area contributed by atoms with Crippen molar-refractivity contribution in [3.05, 3.63) is 39.3 Å². The highest BCUT2D eigenvalue weighted by Gasteiger charge is 2.28. The lowest BCUT2D eigenvalue weighted by Crippen LogP contribution is -2.45. The second-order valence-electron chi connectivity index (χ2n) is 6.42. The van der Waals surface area contributed by atoms with Crippen LogP contribution in [0.2, 0.25) is 5.02 Å². The normalized spacial score (nSPS) is 16.8. The van der Waals surface area contributed by atoms with Gasteiger partial charge in [-0.15, -0.1) is 10.2 Å². The summed E-state index contributed by atoms with van der Waals surface area (Å²) in [7, 11) is 0. The Labute approximate surface area is 167 Å². The molecule has 1 aromatic heterocycles. The van der Waals surface area contributed by atoms with E-state index >= 15 is 0 Å². The number of carbonyl (C=O) groups is 2. The van der Waals surface area contributed by atoms with Gasteiger partial charge >= 0.3 is 6.03 Å². The van der Waals surface area contributed by atoms with Crippen LogP contribution in [-0.4, -0.2) is 46.7 Å². The maximum Gasteiger partial charge on any atom is 0.317 e. The number of nitrogens with one attached hydrogen (secondary N) is 2. The number of likely N-dealkylation sites (tertiary alicyclic amines) is 1. The van der Waals surface area contributed by atoms with Gasteiger partial charge in [-0.05, 0) is 43.5 Å². The summed E-state index contributed by atoms with van der Waals surface area (Å²) in [6, 6.07) is 6.85. The number of benzene rings is 1. The topological polar surface area (TPSA) is 87.2 Å². The van der Waals surface area contributed by atoms with Crippen LogP contribution in [-0.2, 0) is 0 Å². The lowest BCUT2D eigenvalue weighted by atomic mass is 9.99. The molecule has 0 saturated carbocycles. The number of hydrogen-bond acceptors (Lipinski definition) is 5. The average molecular weight is 408 g/mol. The minimum atomic E-state index is -0.297. The number of aromatic nitrogens is 2. The number of nitrogens with zero attached hydrogens (tertiary/aromatic N) is 3. The van der Waals surface area contributed by atoms with Gasteiger partial charge in [0.1, 0.15) is 5.01 Å². The quantitative estimate of drug-likeness (QED) is 0.790. The Kier molecular flexibility index (Phi) is 6.63. The van der Waals surface area contributed by atoms with Crippen molar-refractivity contribution in [1.29, 1.82) is 0 Å². The van der Waals surface area contributed by atoms with Gasteiger partial charge < -0.3 is 15.5 Å². The van der Waals surface area contributed by atoms with Crippen LogP contribution >= 0.6 is 22.9 Å². The van der Waals surface area contributed by atoms with Crippen LogP contribution < -0.4 is 10.6 Å². The fraction of sp³-hybridized carbons (Fsp3) is 0.444. The summed E-state index contributed by atoms with van der Waals surface area (Å²) in [4.78, 5) is 26.4. The summed E-state index contributed by atoms with van der Waals surface area (Å²) in [5.41, 5.74) is 0.651. The van der Waals surface area contributed by atoms with Gasteiger partial charge in [-0.2, -0.15) is 0 Å². The molecule has 9 heteroatoms. The molecule has 3 amide bonds. The summed E-state index contributed by atoms with van der Waals surface area (Å²) in [5.74, 6) is -0.185. The van der Waals surface area contributed by atoms with Crippen molar-refractivity contribution in [3.63, 3.8) is 0 Å². The average Bonchev–Trinajstić information content (AvgIpc) is 3.18. The van der Waals surface area contributed by atoms with Gasteiger partial charge in [0.25, 0.3) is 5.91 Å². The third-order valence-electron chi connectivity index (χ3n) is 4.32. The molecule has 0 unspecified atom stereocenters. The molecule has 2 N–H and O–H groups in total. The van der Waals surface area contributed by atoms with Crippen molar-refractivity contribution in [2.75, 3.05) is 25.0 Å². The van der Waals surface area contributed by atoms with Gasteiger partial charge in [-0.3, -0.25) is 4.79 Å². The molecule has 7 nitrogen and oxygen atoms in total. The van der Waals surface area contributed by atoms with Crippen LogP contribution in [0.15, 0.2) is 24.3 Å². The smallest absolute Gasteiger partial charge is 0.317 e.